The van der Waals surface area contributed by atoms with E-state index in [1.165, 1.54) is 6.92 Å². The monoisotopic (exact) mass is 533 g/mol. The molecule has 40 heavy (non-hydrogen) atoms. The van der Waals surface area contributed by atoms with Gasteiger partial charge in [-0.05, 0) is 91.6 Å². The number of aryl methyl sites for hydroxylation is 1. The maximum atomic E-state index is 9.52. The summed E-state index contributed by atoms with van der Waals surface area (Å²) in [5, 5.41) is -2.86. The normalized spacial score (nSPS) is 19.7. The molecule has 8 aromatic rings. The van der Waals surface area contributed by atoms with Crippen LogP contribution in [0.25, 0.3) is 76.9 Å². The number of hydrogen-bond acceptors (Lipinski definition) is 1. The Morgan fingerprint density at radius 1 is 0.425 bits per heavy atom. The van der Waals surface area contributed by atoms with E-state index < -0.39 is 193 Å². The van der Waals surface area contributed by atoms with Crippen molar-refractivity contribution in [3.05, 3.63) is 145 Å². The van der Waals surface area contributed by atoms with Gasteiger partial charge in [0, 0.05) is 10.8 Å². The Morgan fingerprint density at radius 2 is 0.975 bits per heavy atom. The molecule has 0 saturated carbocycles. The molecule has 188 valence electrons. The van der Waals surface area contributed by atoms with Gasteiger partial charge in [-0.1, -0.05) is 115 Å². The molecule has 0 N–H and O–H groups in total. The van der Waals surface area contributed by atoms with E-state index in [0.29, 0.717) is 0 Å². The molecule has 0 unspecified atom stereocenters. The number of rotatable bonds is 3. The molecule has 0 radical (unpaired) electrons. The lowest BCUT2D eigenvalue weighted by Crippen LogP contribution is -1.91. The van der Waals surface area contributed by atoms with Crippen LogP contribution < -0.4 is 0 Å². The Labute approximate surface area is 265 Å². The van der Waals surface area contributed by atoms with Gasteiger partial charge in [0.15, 0.2) is 0 Å². The Bertz CT molecular complexity index is 3390. The standard InChI is InChI=1S/C39H26O/c1-25-11-9-20-35-37(25)34-22-21-29(24-36(34)40-35)39-32-18-7-5-16-30(32)38(31-17-6-8-19-33(31)39)28-15-10-14-27(23-28)26-12-3-2-4-13-26/h2-24H,1H3/i2D,3D,4D,5D,6D,7D,8D,9D,10D,11D,12D,13D,14D,15D,16D,17D,18D,19D,20D,21D,22D,23D,24D. The largest absolute Gasteiger partial charge is 0.456 e. The Balaban J connectivity index is 1.71. The van der Waals surface area contributed by atoms with Crippen LogP contribution in [-0.2, 0) is 0 Å². The number of furan rings is 1. The lowest BCUT2D eigenvalue weighted by atomic mass is 9.85. The topological polar surface area (TPSA) is 13.1 Å². The Morgan fingerprint density at radius 3 is 1.65 bits per heavy atom. The van der Waals surface area contributed by atoms with E-state index >= 15 is 0 Å². The zero-order valence-corrected chi connectivity index (χ0v) is 20.4. The van der Waals surface area contributed by atoms with Crippen molar-refractivity contribution in [3.63, 3.8) is 0 Å². The molecule has 1 heterocycles. The quantitative estimate of drug-likeness (QED) is 0.206. The van der Waals surface area contributed by atoms with Crippen LogP contribution in [0.2, 0.25) is 0 Å². The van der Waals surface area contributed by atoms with E-state index in [9.17, 15) is 11.0 Å². The molecule has 1 aromatic heterocycles. The predicted molar refractivity (Wildman–Crippen MR) is 170 cm³/mol. The molecule has 0 aliphatic carbocycles. The van der Waals surface area contributed by atoms with Crippen molar-refractivity contribution in [2.75, 3.05) is 0 Å². The number of fused-ring (bicyclic) bond motifs is 5. The maximum Gasteiger partial charge on any atom is 0.136 e. The summed E-state index contributed by atoms with van der Waals surface area (Å²) in [7, 11) is 0. The molecule has 0 atom stereocenters. The van der Waals surface area contributed by atoms with Crippen molar-refractivity contribution >= 4 is 43.5 Å². The van der Waals surface area contributed by atoms with Crippen LogP contribution in [0.1, 0.15) is 37.1 Å². The summed E-state index contributed by atoms with van der Waals surface area (Å²) in [6.45, 7) is 1.42. The number of benzene rings is 7. The van der Waals surface area contributed by atoms with Gasteiger partial charge in [0.05, 0.1) is 31.5 Å². The van der Waals surface area contributed by atoms with Crippen molar-refractivity contribution < 1.29 is 35.9 Å². The highest BCUT2D eigenvalue weighted by molar-refractivity contribution is 6.22. The van der Waals surface area contributed by atoms with Gasteiger partial charge in [0.25, 0.3) is 0 Å². The lowest BCUT2D eigenvalue weighted by Gasteiger charge is -2.18. The highest BCUT2D eigenvalue weighted by Gasteiger charge is 2.18. The summed E-state index contributed by atoms with van der Waals surface area (Å²) in [6.07, 6.45) is 0. The van der Waals surface area contributed by atoms with E-state index in [0.717, 1.165) is 0 Å². The van der Waals surface area contributed by atoms with Crippen LogP contribution in [0.15, 0.2) is 143 Å². The first-order valence-electron chi connectivity index (χ1n) is 23.4. The third-order valence-electron chi connectivity index (χ3n) is 6.51. The van der Waals surface area contributed by atoms with Crippen LogP contribution in [0.4, 0.5) is 0 Å². The van der Waals surface area contributed by atoms with Gasteiger partial charge >= 0.3 is 0 Å². The summed E-state index contributed by atoms with van der Waals surface area (Å²) < 4.78 is 210. The first-order chi connectivity index (χ1) is 29.3. The Hall–Kier alpha value is -5.14. The van der Waals surface area contributed by atoms with E-state index in [1.807, 2.05) is 0 Å². The van der Waals surface area contributed by atoms with Gasteiger partial charge in [-0.2, -0.15) is 0 Å². The summed E-state index contributed by atoms with van der Waals surface area (Å²) in [4.78, 5) is 0. The molecule has 0 aliphatic rings. The fourth-order valence-electron chi connectivity index (χ4n) is 4.82. The van der Waals surface area contributed by atoms with Gasteiger partial charge in [-0.3, -0.25) is 0 Å². The fraction of sp³-hybridized carbons (Fsp3) is 0.0256. The molecule has 0 amide bonds. The van der Waals surface area contributed by atoms with Gasteiger partial charge in [-0.25, -0.2) is 0 Å². The summed E-state index contributed by atoms with van der Waals surface area (Å²) in [5.41, 5.74) is -4.94. The average Bonchev–Trinajstić information content (AvgIpc) is 3.67. The van der Waals surface area contributed by atoms with E-state index in [1.54, 1.807) is 0 Å². The zero-order valence-electron chi connectivity index (χ0n) is 43.4. The van der Waals surface area contributed by atoms with E-state index in [2.05, 4.69) is 0 Å². The highest BCUT2D eigenvalue weighted by Crippen LogP contribution is 2.45. The van der Waals surface area contributed by atoms with Crippen molar-refractivity contribution in [2.24, 2.45) is 0 Å². The van der Waals surface area contributed by atoms with Crippen molar-refractivity contribution in [3.8, 4) is 33.4 Å². The predicted octanol–water partition coefficient (Wildman–Crippen LogP) is 11.2. The van der Waals surface area contributed by atoms with Crippen LogP contribution in [0.5, 0.6) is 0 Å². The highest BCUT2D eigenvalue weighted by atomic mass is 16.3. The summed E-state index contributed by atoms with van der Waals surface area (Å²) in [6, 6.07) is -19.5. The van der Waals surface area contributed by atoms with Crippen molar-refractivity contribution in [1.29, 1.82) is 0 Å². The second kappa shape index (κ2) is 8.97. The molecular weight excluding hydrogens is 484 g/mol. The lowest BCUT2D eigenvalue weighted by molar-refractivity contribution is 0.669. The van der Waals surface area contributed by atoms with Gasteiger partial charge in [0.2, 0.25) is 0 Å². The van der Waals surface area contributed by atoms with Crippen LogP contribution in [-0.4, -0.2) is 0 Å². The maximum absolute atomic E-state index is 9.52. The minimum atomic E-state index is -0.998. The average molecular weight is 534 g/mol. The molecule has 0 bridgehead atoms. The first-order valence-corrected chi connectivity index (χ1v) is 11.9. The van der Waals surface area contributed by atoms with Gasteiger partial charge in [0.1, 0.15) is 11.2 Å². The molecule has 0 spiro atoms. The molecular formula is C39H26O. The van der Waals surface area contributed by atoms with Crippen LogP contribution >= 0.6 is 0 Å². The molecule has 1 heteroatoms. The smallest absolute Gasteiger partial charge is 0.136 e. The van der Waals surface area contributed by atoms with Crippen LogP contribution in [0, 0.1) is 6.92 Å². The van der Waals surface area contributed by atoms with Crippen LogP contribution in [0.3, 0.4) is 0 Å². The molecule has 0 fully saturated rings. The van der Waals surface area contributed by atoms with Gasteiger partial charge in [-0.15, -0.1) is 0 Å². The summed E-state index contributed by atoms with van der Waals surface area (Å²) in [5.74, 6) is 0. The Kier molecular flexibility index (Phi) is 2.13. The third-order valence-corrected chi connectivity index (χ3v) is 6.51. The molecule has 7 aromatic carbocycles. The summed E-state index contributed by atoms with van der Waals surface area (Å²) >= 11 is 0. The van der Waals surface area contributed by atoms with E-state index in [-0.39, 0.29) is 28.0 Å². The van der Waals surface area contributed by atoms with E-state index in [4.69, 9.17) is 25.0 Å². The third kappa shape index (κ3) is 3.48. The molecule has 0 aliphatic heterocycles. The second-order valence-corrected chi connectivity index (χ2v) is 8.76. The second-order valence-electron chi connectivity index (χ2n) is 8.76. The molecule has 8 rings (SSSR count). The zero-order chi connectivity index (χ0) is 46.6. The van der Waals surface area contributed by atoms with Gasteiger partial charge < -0.3 is 4.42 Å². The minimum absolute atomic E-state index is 0.0200. The van der Waals surface area contributed by atoms with Crippen molar-refractivity contribution in [1.82, 2.24) is 0 Å². The minimum Gasteiger partial charge on any atom is -0.456 e. The fourth-order valence-corrected chi connectivity index (χ4v) is 4.82. The molecule has 1 nitrogen and oxygen atoms in total. The SMILES string of the molecule is [2H]c1c([2H])c([2H])c(-c2c([2H])c([2H])c([2H])c(-c3c4c([2H])c([2H])c([2H])c([2H])c4c(-c4c([2H])c([2H])c5c(oc6c([2H])c([2H])c([2H])c(C)c65)c4[2H])c4c([2H])c([2H])c([2H])c([2H])c34)c2[2H])c([2H])c1[2H]. The number of hydrogen-bond donors (Lipinski definition) is 0. The molecule has 0 saturated heterocycles. The first kappa shape index (κ1) is 9.50. The van der Waals surface area contributed by atoms with Crippen molar-refractivity contribution in [2.45, 2.75) is 6.92 Å².